The van der Waals surface area contributed by atoms with Crippen molar-refractivity contribution in [1.82, 2.24) is 14.5 Å². The van der Waals surface area contributed by atoms with Crippen molar-refractivity contribution in [3.8, 4) is 5.75 Å². The van der Waals surface area contributed by atoms with Gasteiger partial charge in [0.2, 0.25) is 0 Å². The van der Waals surface area contributed by atoms with Crippen LogP contribution in [0.3, 0.4) is 0 Å². The molecule has 14 heteroatoms. The summed E-state index contributed by atoms with van der Waals surface area (Å²) in [6, 6.07) is 7.11. The van der Waals surface area contributed by atoms with Crippen LogP contribution >= 0.6 is 0 Å². The predicted octanol–water partition coefficient (Wildman–Crippen LogP) is 2.91. The van der Waals surface area contributed by atoms with Gasteiger partial charge in [-0.25, -0.2) is 19.5 Å². The van der Waals surface area contributed by atoms with Gasteiger partial charge in [-0.05, 0) is 42.5 Å². The van der Waals surface area contributed by atoms with Gasteiger partial charge in [0.05, 0.1) is 18.2 Å². The molecule has 0 saturated heterocycles. The fourth-order valence-electron chi connectivity index (χ4n) is 4.21. The number of nitrogens with two attached hydrogens (primary N) is 1. The fraction of sp³-hybridized carbons (Fsp3) is 0.348. The molecule has 1 fully saturated rings. The van der Waals surface area contributed by atoms with E-state index < -0.39 is 34.9 Å². The molecule has 1 aliphatic carbocycles. The minimum absolute atomic E-state index is 0.0321. The van der Waals surface area contributed by atoms with E-state index in [0.717, 1.165) is 0 Å². The summed E-state index contributed by atoms with van der Waals surface area (Å²) in [5.41, 5.74) is 1.14. The van der Waals surface area contributed by atoms with Gasteiger partial charge >= 0.3 is 16.9 Å². The monoisotopic (exact) mass is 539 g/mol. The molecule has 1 saturated carbocycles. The molecular formula is C23H24F3N5O5S. The number of benzene rings is 1. The summed E-state index contributed by atoms with van der Waals surface area (Å²) in [7, 11) is -4.13. The third-order valence-electron chi connectivity index (χ3n) is 5.83. The highest BCUT2D eigenvalue weighted by Gasteiger charge is 2.36. The molecular weight excluding hydrogens is 515 g/mol. The standard InChI is InChI=1S/C23H24F3N5O5S/c24-19-7-15(12-35-37(27,33)34)8-20(19)30-22-18(9-28-13-29-22)21(32)16-4-5-31(11-16)10-14-2-1-3-17(6-14)36-23(25)26/h1-6,9,11,13,15,19-20,23H,7-8,10,12H2,(H2,27,33,34)(H,28,29,30). The van der Waals surface area contributed by atoms with Gasteiger partial charge in [0.15, 0.2) is 5.78 Å². The van der Waals surface area contributed by atoms with Gasteiger partial charge in [-0.15, -0.1) is 0 Å². The van der Waals surface area contributed by atoms with E-state index in [4.69, 9.17) is 5.14 Å². The van der Waals surface area contributed by atoms with E-state index in [-0.39, 0.29) is 42.5 Å². The van der Waals surface area contributed by atoms with Gasteiger partial charge in [-0.3, -0.25) is 8.98 Å². The van der Waals surface area contributed by atoms with Crippen LogP contribution in [0.4, 0.5) is 19.0 Å². The molecule has 3 unspecified atom stereocenters. The van der Waals surface area contributed by atoms with E-state index in [0.29, 0.717) is 17.7 Å². The Balaban J connectivity index is 1.44. The van der Waals surface area contributed by atoms with Crippen LogP contribution in [0.15, 0.2) is 55.2 Å². The van der Waals surface area contributed by atoms with Crippen LogP contribution in [0.5, 0.6) is 5.75 Å². The van der Waals surface area contributed by atoms with Crippen LogP contribution in [-0.4, -0.2) is 54.2 Å². The maximum atomic E-state index is 14.6. The Morgan fingerprint density at radius 2 is 2.08 bits per heavy atom. The zero-order valence-electron chi connectivity index (χ0n) is 19.3. The number of ketones is 1. The molecule has 2 heterocycles. The number of alkyl halides is 3. The summed E-state index contributed by atoms with van der Waals surface area (Å²) < 4.78 is 72.3. The molecule has 0 spiro atoms. The van der Waals surface area contributed by atoms with Crippen molar-refractivity contribution >= 4 is 21.9 Å². The third-order valence-corrected chi connectivity index (χ3v) is 6.30. The largest absolute Gasteiger partial charge is 0.435 e. The normalized spacial score (nSPS) is 19.8. The fourth-order valence-corrected chi connectivity index (χ4v) is 4.59. The first-order valence-corrected chi connectivity index (χ1v) is 12.7. The maximum Gasteiger partial charge on any atom is 0.387 e. The van der Waals surface area contributed by atoms with Gasteiger partial charge in [-0.2, -0.15) is 17.2 Å². The number of nitrogens with zero attached hydrogens (tertiary/aromatic N) is 3. The molecule has 3 aromatic rings. The molecule has 37 heavy (non-hydrogen) atoms. The van der Waals surface area contributed by atoms with Crippen LogP contribution in [0.25, 0.3) is 0 Å². The van der Waals surface area contributed by atoms with Crippen LogP contribution in [0, 0.1) is 5.92 Å². The molecule has 1 aromatic carbocycles. The predicted molar refractivity (Wildman–Crippen MR) is 126 cm³/mol. The zero-order valence-corrected chi connectivity index (χ0v) is 20.2. The molecule has 198 valence electrons. The first-order chi connectivity index (χ1) is 17.6. The zero-order chi connectivity index (χ0) is 26.6. The van der Waals surface area contributed by atoms with Crippen molar-refractivity contribution < 1.29 is 35.3 Å². The number of carbonyl (C=O) groups excluding carboxylic acids is 1. The minimum Gasteiger partial charge on any atom is -0.435 e. The van der Waals surface area contributed by atoms with Gasteiger partial charge in [0, 0.05) is 30.7 Å². The van der Waals surface area contributed by atoms with Crippen molar-refractivity contribution in [2.45, 2.75) is 38.2 Å². The number of anilines is 1. The van der Waals surface area contributed by atoms with E-state index >= 15 is 0 Å². The third kappa shape index (κ3) is 7.27. The lowest BCUT2D eigenvalue weighted by atomic mass is 10.1. The molecule has 1 aliphatic rings. The number of halogens is 3. The molecule has 3 N–H and O–H groups in total. The van der Waals surface area contributed by atoms with Gasteiger partial charge in [-0.1, -0.05) is 12.1 Å². The topological polar surface area (TPSA) is 138 Å². The van der Waals surface area contributed by atoms with E-state index in [2.05, 4.69) is 24.2 Å². The number of hydrogen-bond donors (Lipinski definition) is 2. The Hall–Kier alpha value is -3.49. The van der Waals surface area contributed by atoms with Crippen molar-refractivity contribution in [2.24, 2.45) is 11.1 Å². The molecule has 0 bridgehead atoms. The van der Waals surface area contributed by atoms with Crippen LogP contribution < -0.4 is 15.2 Å². The highest BCUT2D eigenvalue weighted by molar-refractivity contribution is 7.84. The van der Waals surface area contributed by atoms with Crippen LogP contribution in [0.1, 0.15) is 34.3 Å². The summed E-state index contributed by atoms with van der Waals surface area (Å²) in [6.45, 7) is -2.87. The van der Waals surface area contributed by atoms with Crippen molar-refractivity contribution in [3.63, 3.8) is 0 Å². The molecule has 0 aliphatic heterocycles. The van der Waals surface area contributed by atoms with Crippen molar-refractivity contribution in [2.75, 3.05) is 11.9 Å². The summed E-state index contributed by atoms with van der Waals surface area (Å²) in [4.78, 5) is 21.2. The summed E-state index contributed by atoms with van der Waals surface area (Å²) in [6.07, 6.45) is 4.79. The van der Waals surface area contributed by atoms with E-state index in [1.54, 1.807) is 35.2 Å². The quantitative estimate of drug-likeness (QED) is 0.355. The minimum atomic E-state index is -4.13. The Bertz CT molecular complexity index is 1350. The first-order valence-electron chi connectivity index (χ1n) is 11.2. The molecule has 4 rings (SSSR count). The number of nitrogens with one attached hydrogen (secondary N) is 1. The summed E-state index contributed by atoms with van der Waals surface area (Å²) >= 11 is 0. The lowest BCUT2D eigenvalue weighted by molar-refractivity contribution is -0.0498. The maximum absolute atomic E-state index is 14.6. The number of carbonyl (C=O) groups is 1. The number of aromatic nitrogens is 3. The van der Waals surface area contributed by atoms with Crippen LogP contribution in [-0.2, 0) is 21.0 Å². The Labute approximate surface area is 210 Å². The highest BCUT2D eigenvalue weighted by atomic mass is 32.2. The van der Waals surface area contributed by atoms with Gasteiger partial charge in [0.25, 0.3) is 0 Å². The lowest BCUT2D eigenvalue weighted by Crippen LogP contribution is -2.27. The molecule has 0 amide bonds. The number of hydrogen-bond acceptors (Lipinski definition) is 8. The van der Waals surface area contributed by atoms with E-state index in [1.165, 1.54) is 24.7 Å². The van der Waals surface area contributed by atoms with Crippen LogP contribution in [0.2, 0.25) is 0 Å². The first kappa shape index (κ1) is 26.6. The Morgan fingerprint density at radius 1 is 1.27 bits per heavy atom. The molecule has 0 radical (unpaired) electrons. The second kappa shape index (κ2) is 11.3. The average Bonchev–Trinajstić information content (AvgIpc) is 3.43. The van der Waals surface area contributed by atoms with Gasteiger partial charge < -0.3 is 14.6 Å². The van der Waals surface area contributed by atoms with Crippen molar-refractivity contribution in [1.29, 1.82) is 0 Å². The second-order valence-corrected chi connectivity index (χ2v) is 9.82. The van der Waals surface area contributed by atoms with E-state index in [1.807, 2.05) is 0 Å². The Morgan fingerprint density at radius 3 is 2.84 bits per heavy atom. The highest BCUT2D eigenvalue weighted by Crippen LogP contribution is 2.32. The summed E-state index contributed by atoms with van der Waals surface area (Å²) in [5.74, 6) is -0.612. The smallest absolute Gasteiger partial charge is 0.387 e. The number of rotatable bonds is 11. The lowest BCUT2D eigenvalue weighted by Gasteiger charge is -2.17. The second-order valence-electron chi connectivity index (χ2n) is 8.59. The SMILES string of the molecule is NS(=O)(=O)OCC1CC(F)C(Nc2ncncc2C(=O)c2ccn(Cc3cccc(OC(F)F)c3)c2)C1. The van der Waals surface area contributed by atoms with E-state index in [9.17, 15) is 26.4 Å². The molecule has 2 aromatic heterocycles. The summed E-state index contributed by atoms with van der Waals surface area (Å²) in [5, 5.41) is 7.78. The Kier molecular flexibility index (Phi) is 8.10. The molecule has 3 atom stereocenters. The average molecular weight is 540 g/mol. The van der Waals surface area contributed by atoms with Gasteiger partial charge in [0.1, 0.15) is 24.1 Å². The molecule has 10 nitrogen and oxygen atoms in total. The number of ether oxygens (including phenoxy) is 1. The van der Waals surface area contributed by atoms with Crippen molar-refractivity contribution in [3.05, 3.63) is 71.9 Å².